The summed E-state index contributed by atoms with van der Waals surface area (Å²) in [7, 11) is 0. The van der Waals surface area contributed by atoms with Crippen LogP contribution in [0.1, 0.15) is 83.4 Å². The number of aromatic nitrogens is 2. The maximum atomic E-state index is 11.2. The van der Waals surface area contributed by atoms with E-state index in [1.807, 2.05) is 0 Å². The summed E-state index contributed by atoms with van der Waals surface area (Å²) in [6, 6.07) is 0. The second kappa shape index (κ2) is 5.59. The molecule has 26 heavy (non-hydrogen) atoms. The van der Waals surface area contributed by atoms with E-state index in [1.54, 1.807) is 0 Å². The largest absolute Gasteiger partial charge is 0.390 e. The first kappa shape index (κ1) is 17.3. The van der Waals surface area contributed by atoms with E-state index in [1.165, 1.54) is 69.0 Å². The number of H-pyrrole nitrogens is 1. The van der Waals surface area contributed by atoms with Crippen LogP contribution >= 0.6 is 0 Å². The quantitative estimate of drug-likeness (QED) is 0.695. The zero-order valence-electron chi connectivity index (χ0n) is 16.9. The van der Waals surface area contributed by atoms with E-state index >= 15 is 0 Å². The molecular weight excluding hydrogens is 320 g/mol. The molecule has 0 unspecified atom stereocenters. The molecule has 4 aliphatic carbocycles. The number of aliphatic hydroxyl groups is 1. The van der Waals surface area contributed by atoms with Gasteiger partial charge in [-0.1, -0.05) is 13.8 Å². The molecule has 0 saturated heterocycles. The van der Waals surface area contributed by atoms with Crippen LogP contribution in [0.3, 0.4) is 0 Å². The zero-order chi connectivity index (χ0) is 18.2. The molecule has 0 aromatic carbocycles. The third-order valence-corrected chi connectivity index (χ3v) is 10.0. The molecule has 1 heterocycles. The van der Waals surface area contributed by atoms with Gasteiger partial charge in [-0.2, -0.15) is 5.10 Å². The summed E-state index contributed by atoms with van der Waals surface area (Å²) in [5.41, 5.74) is 2.94. The second-order valence-electron chi connectivity index (χ2n) is 10.9. The van der Waals surface area contributed by atoms with Gasteiger partial charge in [0.05, 0.1) is 11.8 Å². The van der Waals surface area contributed by atoms with Crippen LogP contribution in [0.5, 0.6) is 0 Å². The summed E-state index contributed by atoms with van der Waals surface area (Å²) >= 11 is 0. The van der Waals surface area contributed by atoms with Crippen LogP contribution < -0.4 is 0 Å². The summed E-state index contributed by atoms with van der Waals surface area (Å²) in [4.78, 5) is 0. The first-order chi connectivity index (χ1) is 12.3. The maximum absolute atomic E-state index is 11.2. The van der Waals surface area contributed by atoms with Gasteiger partial charge in [0.15, 0.2) is 0 Å². The molecular formula is C23H36N2O. The standard InChI is InChI=1S/C23H36N2O/c1-21-13-16-14-24-25-20(16)12-18(21)7-5-15-4-6-17(21)8-10-22(2)19(15)9-11-23(22,3)26/h14-15,17-19,26H,4-13H2,1-3H3,(H,24,25)/t15-,17-,18+,19+,21-,22+,23+/m1/s1. The lowest BCUT2D eigenvalue weighted by atomic mass is 9.51. The van der Waals surface area contributed by atoms with Crippen molar-refractivity contribution in [1.82, 2.24) is 10.2 Å². The Kier molecular flexibility index (Phi) is 3.72. The van der Waals surface area contributed by atoms with Crippen molar-refractivity contribution in [3.05, 3.63) is 17.5 Å². The van der Waals surface area contributed by atoms with E-state index in [-0.39, 0.29) is 5.41 Å². The number of nitrogens with zero attached hydrogens (tertiary/aromatic N) is 1. The molecule has 3 heteroatoms. The number of hydrogen-bond acceptors (Lipinski definition) is 2. The Morgan fingerprint density at radius 1 is 1.00 bits per heavy atom. The van der Waals surface area contributed by atoms with E-state index in [0.29, 0.717) is 5.41 Å². The summed E-state index contributed by atoms with van der Waals surface area (Å²) in [6.45, 7) is 7.15. The second-order valence-corrected chi connectivity index (χ2v) is 10.9. The minimum atomic E-state index is -0.471. The molecule has 5 rings (SSSR count). The smallest absolute Gasteiger partial charge is 0.0675 e. The maximum Gasteiger partial charge on any atom is 0.0675 e. The van der Waals surface area contributed by atoms with Crippen molar-refractivity contribution in [2.75, 3.05) is 0 Å². The topological polar surface area (TPSA) is 48.9 Å². The molecule has 3 fully saturated rings. The molecule has 4 aliphatic rings. The van der Waals surface area contributed by atoms with Crippen molar-refractivity contribution < 1.29 is 5.11 Å². The zero-order valence-corrected chi connectivity index (χ0v) is 16.9. The van der Waals surface area contributed by atoms with Crippen LogP contribution in [0, 0.1) is 34.5 Å². The van der Waals surface area contributed by atoms with E-state index in [2.05, 4.69) is 37.2 Å². The van der Waals surface area contributed by atoms with Crippen molar-refractivity contribution in [2.45, 2.75) is 90.6 Å². The lowest BCUT2D eigenvalue weighted by Crippen LogP contribution is -2.49. The SMILES string of the molecule is C[C@]12Cc3cn[nH]c3C[C@@H]1CC[C@H]1CC[C@@H]2CC[C@@]2(C)[C@H]1CC[C@]2(C)O. The Balaban J connectivity index is 1.52. The highest BCUT2D eigenvalue weighted by atomic mass is 16.3. The van der Waals surface area contributed by atoms with E-state index in [4.69, 9.17) is 0 Å². The van der Waals surface area contributed by atoms with Crippen LogP contribution in [0.15, 0.2) is 6.20 Å². The lowest BCUT2D eigenvalue weighted by Gasteiger charge is -2.54. The van der Waals surface area contributed by atoms with Crippen LogP contribution in [0.25, 0.3) is 0 Å². The van der Waals surface area contributed by atoms with E-state index in [0.717, 1.165) is 30.1 Å². The van der Waals surface area contributed by atoms with Crippen molar-refractivity contribution in [2.24, 2.45) is 34.5 Å². The monoisotopic (exact) mass is 356 g/mol. The molecule has 1 aromatic heterocycles. The van der Waals surface area contributed by atoms with Crippen LogP contribution in [0.4, 0.5) is 0 Å². The van der Waals surface area contributed by atoms with Gasteiger partial charge in [0.25, 0.3) is 0 Å². The van der Waals surface area contributed by atoms with Gasteiger partial charge in [-0.05, 0) is 111 Å². The predicted molar refractivity (Wildman–Crippen MR) is 104 cm³/mol. The predicted octanol–water partition coefficient (Wildman–Crippen LogP) is 4.90. The average Bonchev–Trinajstić information content (AvgIpc) is 3.10. The molecule has 1 aromatic rings. The molecule has 0 radical (unpaired) electrons. The summed E-state index contributed by atoms with van der Waals surface area (Å²) < 4.78 is 0. The van der Waals surface area contributed by atoms with Crippen LogP contribution in [-0.4, -0.2) is 20.9 Å². The Bertz CT molecular complexity index is 694. The Morgan fingerprint density at radius 2 is 1.77 bits per heavy atom. The molecule has 0 aliphatic heterocycles. The minimum Gasteiger partial charge on any atom is -0.390 e. The van der Waals surface area contributed by atoms with Crippen molar-refractivity contribution >= 4 is 0 Å². The first-order valence-electron chi connectivity index (χ1n) is 11.1. The molecule has 7 atom stereocenters. The van der Waals surface area contributed by atoms with Gasteiger partial charge in [-0.3, -0.25) is 5.10 Å². The molecule has 2 bridgehead atoms. The fourth-order valence-corrected chi connectivity index (χ4v) is 7.92. The van der Waals surface area contributed by atoms with Gasteiger partial charge in [-0.25, -0.2) is 0 Å². The highest BCUT2D eigenvalue weighted by Crippen LogP contribution is 2.62. The minimum absolute atomic E-state index is 0.120. The van der Waals surface area contributed by atoms with Crippen molar-refractivity contribution in [3.63, 3.8) is 0 Å². The Morgan fingerprint density at radius 3 is 2.58 bits per heavy atom. The molecule has 2 N–H and O–H groups in total. The highest BCUT2D eigenvalue weighted by molar-refractivity contribution is 5.24. The molecule has 3 nitrogen and oxygen atoms in total. The Hall–Kier alpha value is -0.830. The number of nitrogens with one attached hydrogen (secondary N) is 1. The fraction of sp³-hybridized carbons (Fsp3) is 0.870. The van der Waals surface area contributed by atoms with Crippen molar-refractivity contribution in [3.8, 4) is 0 Å². The van der Waals surface area contributed by atoms with Gasteiger partial charge < -0.3 is 5.11 Å². The molecule has 0 amide bonds. The van der Waals surface area contributed by atoms with E-state index in [9.17, 15) is 5.11 Å². The number of rotatable bonds is 0. The van der Waals surface area contributed by atoms with E-state index < -0.39 is 5.60 Å². The number of aromatic amines is 1. The first-order valence-corrected chi connectivity index (χ1v) is 11.1. The van der Waals surface area contributed by atoms with Gasteiger partial charge in [0.1, 0.15) is 0 Å². The number of fused-ring (bicyclic) bond motifs is 8. The van der Waals surface area contributed by atoms with Gasteiger partial charge in [-0.15, -0.1) is 0 Å². The third-order valence-electron chi connectivity index (χ3n) is 10.0. The Labute approximate surface area is 158 Å². The van der Waals surface area contributed by atoms with Gasteiger partial charge in [0.2, 0.25) is 0 Å². The van der Waals surface area contributed by atoms with Crippen LogP contribution in [0.2, 0.25) is 0 Å². The van der Waals surface area contributed by atoms with Gasteiger partial charge in [0, 0.05) is 5.69 Å². The molecule has 3 saturated carbocycles. The fourth-order valence-electron chi connectivity index (χ4n) is 7.92. The average molecular weight is 357 g/mol. The van der Waals surface area contributed by atoms with Gasteiger partial charge >= 0.3 is 0 Å². The van der Waals surface area contributed by atoms with Crippen molar-refractivity contribution in [1.29, 1.82) is 0 Å². The third kappa shape index (κ3) is 2.25. The molecule has 0 spiro atoms. The number of hydrogen-bond donors (Lipinski definition) is 2. The van der Waals surface area contributed by atoms with Crippen LogP contribution in [-0.2, 0) is 12.8 Å². The summed E-state index contributed by atoms with van der Waals surface area (Å²) in [6.07, 6.45) is 14.8. The summed E-state index contributed by atoms with van der Waals surface area (Å²) in [5.74, 6) is 3.15. The molecule has 144 valence electrons. The summed E-state index contributed by atoms with van der Waals surface area (Å²) in [5, 5.41) is 18.9. The lowest BCUT2D eigenvalue weighted by molar-refractivity contribution is -0.0932. The normalized spacial score (nSPS) is 50.8. The highest BCUT2D eigenvalue weighted by Gasteiger charge is 2.58.